The third-order valence-corrected chi connectivity index (χ3v) is 4.38. The lowest BCUT2D eigenvalue weighted by Gasteiger charge is -2.34. The minimum absolute atomic E-state index is 0.00510. The van der Waals surface area contributed by atoms with Gasteiger partial charge in [-0.1, -0.05) is 19.3 Å². The first-order chi connectivity index (χ1) is 11.3. The number of carbonyl (C=O) groups is 2. The summed E-state index contributed by atoms with van der Waals surface area (Å²) in [7, 11) is 1.87. The SMILES string of the molecule is CCN(CCNC)C(=O)C(NC(=O)OC(C)(C)C)C1CCCCC1. The van der Waals surface area contributed by atoms with E-state index in [2.05, 4.69) is 10.6 Å². The Morgan fingerprint density at radius 1 is 1.21 bits per heavy atom. The highest BCUT2D eigenvalue weighted by molar-refractivity contribution is 5.86. The first-order valence-corrected chi connectivity index (χ1v) is 9.21. The third-order valence-electron chi connectivity index (χ3n) is 4.38. The highest BCUT2D eigenvalue weighted by atomic mass is 16.6. The minimum atomic E-state index is -0.569. The second-order valence-electron chi connectivity index (χ2n) is 7.54. The number of rotatable bonds is 7. The standard InChI is InChI=1S/C18H35N3O3/c1-6-21(13-12-19-5)16(22)15(14-10-8-7-9-11-14)20-17(23)24-18(2,3)4/h14-15,19H,6-13H2,1-5H3,(H,20,23). The molecule has 24 heavy (non-hydrogen) atoms. The Hall–Kier alpha value is -1.30. The van der Waals surface area contributed by atoms with Crippen LogP contribution in [-0.2, 0) is 9.53 Å². The van der Waals surface area contributed by atoms with Gasteiger partial charge in [-0.15, -0.1) is 0 Å². The molecule has 0 aliphatic heterocycles. The van der Waals surface area contributed by atoms with E-state index in [0.717, 1.165) is 32.2 Å². The fourth-order valence-electron chi connectivity index (χ4n) is 3.15. The van der Waals surface area contributed by atoms with Gasteiger partial charge < -0.3 is 20.3 Å². The maximum Gasteiger partial charge on any atom is 0.408 e. The number of nitrogens with zero attached hydrogens (tertiary/aromatic N) is 1. The lowest BCUT2D eigenvalue weighted by Crippen LogP contribution is -2.54. The molecule has 1 atom stereocenters. The summed E-state index contributed by atoms with van der Waals surface area (Å²) < 4.78 is 5.37. The molecule has 1 rings (SSSR count). The molecule has 1 aliphatic rings. The van der Waals surface area contributed by atoms with E-state index < -0.39 is 17.7 Å². The van der Waals surface area contributed by atoms with Crippen molar-refractivity contribution in [2.24, 2.45) is 5.92 Å². The number of hydrogen-bond acceptors (Lipinski definition) is 4. The summed E-state index contributed by atoms with van der Waals surface area (Å²) in [5, 5.41) is 5.93. The highest BCUT2D eigenvalue weighted by Crippen LogP contribution is 2.27. The molecule has 0 aromatic rings. The van der Waals surface area contributed by atoms with Gasteiger partial charge >= 0.3 is 6.09 Å². The van der Waals surface area contributed by atoms with Gasteiger partial charge in [-0.25, -0.2) is 4.79 Å². The molecule has 1 fully saturated rings. The van der Waals surface area contributed by atoms with Crippen molar-refractivity contribution in [2.75, 3.05) is 26.7 Å². The van der Waals surface area contributed by atoms with Crippen molar-refractivity contribution < 1.29 is 14.3 Å². The van der Waals surface area contributed by atoms with Gasteiger partial charge in [0.25, 0.3) is 0 Å². The summed E-state index contributed by atoms with van der Waals surface area (Å²) in [5.41, 5.74) is -0.569. The van der Waals surface area contributed by atoms with E-state index in [9.17, 15) is 9.59 Å². The molecular weight excluding hydrogens is 306 g/mol. The smallest absolute Gasteiger partial charge is 0.408 e. The minimum Gasteiger partial charge on any atom is -0.444 e. The van der Waals surface area contributed by atoms with Crippen LogP contribution in [0.1, 0.15) is 59.8 Å². The van der Waals surface area contributed by atoms with Crippen LogP contribution in [0.3, 0.4) is 0 Å². The molecule has 1 saturated carbocycles. The molecule has 0 bridgehead atoms. The topological polar surface area (TPSA) is 70.7 Å². The fraction of sp³-hybridized carbons (Fsp3) is 0.889. The maximum absolute atomic E-state index is 13.0. The summed E-state index contributed by atoms with van der Waals surface area (Å²) in [6, 6.07) is -0.489. The van der Waals surface area contributed by atoms with Gasteiger partial charge in [0.2, 0.25) is 5.91 Å². The third kappa shape index (κ3) is 7.07. The van der Waals surface area contributed by atoms with Gasteiger partial charge in [-0.05, 0) is 53.5 Å². The van der Waals surface area contributed by atoms with Crippen molar-refractivity contribution in [3.8, 4) is 0 Å². The molecule has 0 spiro atoms. The second kappa shape index (κ2) is 9.87. The van der Waals surface area contributed by atoms with Crippen LogP contribution in [0.5, 0.6) is 0 Å². The van der Waals surface area contributed by atoms with Gasteiger partial charge in [-0.2, -0.15) is 0 Å². The zero-order valence-electron chi connectivity index (χ0n) is 16.0. The summed E-state index contributed by atoms with van der Waals surface area (Å²) in [6.45, 7) is 9.48. The molecule has 6 nitrogen and oxygen atoms in total. The average molecular weight is 341 g/mol. The van der Waals surface area contributed by atoms with Crippen molar-refractivity contribution in [2.45, 2.75) is 71.4 Å². The Morgan fingerprint density at radius 3 is 2.33 bits per heavy atom. The zero-order valence-corrected chi connectivity index (χ0v) is 16.0. The summed E-state index contributed by atoms with van der Waals surface area (Å²) in [5.74, 6) is 0.202. The van der Waals surface area contributed by atoms with Crippen molar-refractivity contribution in [1.29, 1.82) is 0 Å². The monoisotopic (exact) mass is 341 g/mol. The van der Waals surface area contributed by atoms with E-state index in [1.807, 2.05) is 39.6 Å². The predicted molar refractivity (Wildman–Crippen MR) is 95.9 cm³/mol. The highest BCUT2D eigenvalue weighted by Gasteiger charge is 2.34. The molecule has 0 radical (unpaired) electrons. The van der Waals surface area contributed by atoms with Crippen molar-refractivity contribution in [3.63, 3.8) is 0 Å². The Kier molecular flexibility index (Phi) is 8.53. The molecule has 140 valence electrons. The zero-order chi connectivity index (χ0) is 18.2. The average Bonchev–Trinajstić information content (AvgIpc) is 2.52. The molecule has 2 amide bonds. The molecule has 0 aromatic heterocycles. The predicted octanol–water partition coefficient (Wildman–Crippen LogP) is 2.53. The number of hydrogen-bond donors (Lipinski definition) is 2. The number of ether oxygens (including phenoxy) is 1. The van der Waals surface area contributed by atoms with Crippen LogP contribution in [-0.4, -0.2) is 55.2 Å². The van der Waals surface area contributed by atoms with Gasteiger partial charge in [0.1, 0.15) is 11.6 Å². The normalized spacial score (nSPS) is 17.2. The number of carbonyl (C=O) groups excluding carboxylic acids is 2. The summed E-state index contributed by atoms with van der Waals surface area (Å²) in [4.78, 5) is 27.0. The van der Waals surface area contributed by atoms with Crippen molar-refractivity contribution >= 4 is 12.0 Å². The van der Waals surface area contributed by atoms with E-state index in [4.69, 9.17) is 4.74 Å². The van der Waals surface area contributed by atoms with Crippen LogP contribution in [0.4, 0.5) is 4.79 Å². The van der Waals surface area contributed by atoms with E-state index in [0.29, 0.717) is 13.1 Å². The molecule has 6 heteroatoms. The number of amides is 2. The van der Waals surface area contributed by atoms with Crippen LogP contribution < -0.4 is 10.6 Å². The number of likely N-dealkylation sites (N-methyl/N-ethyl adjacent to an activating group) is 2. The molecular formula is C18H35N3O3. The Morgan fingerprint density at radius 2 is 1.83 bits per heavy atom. The maximum atomic E-state index is 13.0. The lowest BCUT2D eigenvalue weighted by molar-refractivity contribution is -0.135. The molecule has 2 N–H and O–H groups in total. The van der Waals surface area contributed by atoms with Gasteiger partial charge in [-0.3, -0.25) is 4.79 Å². The number of nitrogens with one attached hydrogen (secondary N) is 2. The van der Waals surface area contributed by atoms with Gasteiger partial charge in [0, 0.05) is 19.6 Å². The molecule has 1 aliphatic carbocycles. The second-order valence-corrected chi connectivity index (χ2v) is 7.54. The quantitative estimate of drug-likeness (QED) is 0.746. The van der Waals surface area contributed by atoms with E-state index in [-0.39, 0.29) is 11.8 Å². The first kappa shape index (κ1) is 20.7. The van der Waals surface area contributed by atoms with Crippen LogP contribution in [0.2, 0.25) is 0 Å². The largest absolute Gasteiger partial charge is 0.444 e. The van der Waals surface area contributed by atoms with Gasteiger partial charge in [0.15, 0.2) is 0 Å². The van der Waals surface area contributed by atoms with Crippen LogP contribution in [0.25, 0.3) is 0 Å². The molecule has 0 saturated heterocycles. The summed E-state index contributed by atoms with van der Waals surface area (Å²) in [6.07, 6.45) is 4.91. The molecule has 0 heterocycles. The Bertz CT molecular complexity index is 401. The van der Waals surface area contributed by atoms with Crippen LogP contribution in [0, 0.1) is 5.92 Å². The van der Waals surface area contributed by atoms with Crippen molar-refractivity contribution in [3.05, 3.63) is 0 Å². The van der Waals surface area contributed by atoms with E-state index in [1.165, 1.54) is 6.42 Å². The number of alkyl carbamates (subject to hydrolysis) is 1. The van der Waals surface area contributed by atoms with E-state index in [1.54, 1.807) is 0 Å². The molecule has 1 unspecified atom stereocenters. The fourth-order valence-corrected chi connectivity index (χ4v) is 3.15. The molecule has 0 aromatic carbocycles. The van der Waals surface area contributed by atoms with Crippen LogP contribution in [0.15, 0.2) is 0 Å². The first-order valence-electron chi connectivity index (χ1n) is 9.21. The Labute approximate surface area is 146 Å². The van der Waals surface area contributed by atoms with Crippen LogP contribution >= 0.6 is 0 Å². The van der Waals surface area contributed by atoms with E-state index >= 15 is 0 Å². The van der Waals surface area contributed by atoms with Gasteiger partial charge in [0.05, 0.1) is 0 Å². The van der Waals surface area contributed by atoms with Crippen molar-refractivity contribution in [1.82, 2.24) is 15.5 Å². The summed E-state index contributed by atoms with van der Waals surface area (Å²) >= 11 is 0. The lowest BCUT2D eigenvalue weighted by atomic mass is 9.83. The Balaban J connectivity index is 2.82.